The van der Waals surface area contributed by atoms with Crippen LogP contribution in [0.4, 0.5) is 16.2 Å². The van der Waals surface area contributed by atoms with Gasteiger partial charge in [0.1, 0.15) is 23.7 Å². The van der Waals surface area contributed by atoms with E-state index < -0.39 is 5.82 Å². The summed E-state index contributed by atoms with van der Waals surface area (Å²) in [5.74, 6) is 2.23. The summed E-state index contributed by atoms with van der Waals surface area (Å²) in [5.41, 5.74) is 0.969. The molecule has 0 radical (unpaired) electrons. The van der Waals surface area contributed by atoms with Gasteiger partial charge in [0.15, 0.2) is 0 Å². The van der Waals surface area contributed by atoms with Gasteiger partial charge < -0.3 is 15.0 Å². The number of benzene rings is 1. The van der Waals surface area contributed by atoms with Crippen molar-refractivity contribution in [2.75, 3.05) is 23.3 Å². The lowest BCUT2D eigenvalue weighted by Crippen LogP contribution is -2.48. The first kappa shape index (κ1) is 20.7. The van der Waals surface area contributed by atoms with E-state index in [0.29, 0.717) is 23.5 Å². The number of aromatic nitrogens is 5. The lowest BCUT2D eigenvalue weighted by Gasteiger charge is -2.38. The Bertz CT molecular complexity index is 1140. The predicted octanol–water partition coefficient (Wildman–Crippen LogP) is 4.39. The van der Waals surface area contributed by atoms with E-state index in [1.165, 1.54) is 29.1 Å². The fourth-order valence-corrected chi connectivity index (χ4v) is 4.78. The van der Waals surface area contributed by atoms with Crippen molar-refractivity contribution in [1.82, 2.24) is 24.7 Å². The van der Waals surface area contributed by atoms with Gasteiger partial charge in [-0.05, 0) is 43.7 Å². The smallest absolute Gasteiger partial charge is 0.326 e. The van der Waals surface area contributed by atoms with Crippen LogP contribution in [0.1, 0.15) is 18.5 Å². The van der Waals surface area contributed by atoms with Gasteiger partial charge in [0, 0.05) is 43.2 Å². The monoisotopic (exact) mass is 455 g/mol. The molecule has 2 fully saturated rings. The third-order valence-corrected chi connectivity index (χ3v) is 6.41. The molecule has 2 aliphatic rings. The van der Waals surface area contributed by atoms with Crippen molar-refractivity contribution in [3.8, 4) is 11.8 Å². The quantitative estimate of drug-likeness (QED) is 0.590. The molecule has 2 bridgehead atoms. The fraction of sp³-hybridized carbons (Fsp3) is 0.364. The van der Waals surface area contributed by atoms with Gasteiger partial charge >= 0.3 is 6.01 Å². The third-order valence-electron chi connectivity index (χ3n) is 6.12. The SMILES string of the molecule is C=Cn1nc(N[C@@H]2[C@@H]3CC[C@H]2CN(c2cc(C)ncn2)C3)nc1Oc1ccc(F)c(Cl)c1. The molecule has 10 heteroatoms. The van der Waals surface area contributed by atoms with Gasteiger partial charge in [0.2, 0.25) is 5.95 Å². The number of anilines is 2. The van der Waals surface area contributed by atoms with Gasteiger partial charge in [0.05, 0.1) is 5.02 Å². The molecule has 3 heterocycles. The zero-order valence-corrected chi connectivity index (χ0v) is 18.3. The predicted molar refractivity (Wildman–Crippen MR) is 120 cm³/mol. The normalized spacial score (nSPS) is 22.1. The van der Waals surface area contributed by atoms with Crippen LogP contribution in [-0.4, -0.2) is 43.9 Å². The average Bonchev–Trinajstić information content (AvgIpc) is 3.25. The highest BCUT2D eigenvalue weighted by Crippen LogP contribution is 2.40. The molecule has 3 atom stereocenters. The summed E-state index contributed by atoms with van der Waals surface area (Å²) in [7, 11) is 0. The summed E-state index contributed by atoms with van der Waals surface area (Å²) in [6.07, 6.45) is 5.41. The molecular formula is C22H23ClFN7O. The average molecular weight is 456 g/mol. The van der Waals surface area contributed by atoms with E-state index in [2.05, 4.69) is 36.8 Å². The van der Waals surface area contributed by atoms with Crippen molar-refractivity contribution >= 4 is 29.6 Å². The van der Waals surface area contributed by atoms with Crippen molar-refractivity contribution in [3.63, 3.8) is 0 Å². The van der Waals surface area contributed by atoms with Gasteiger partial charge in [-0.15, -0.1) is 5.10 Å². The van der Waals surface area contributed by atoms with Gasteiger partial charge in [-0.2, -0.15) is 9.67 Å². The molecule has 2 aromatic heterocycles. The van der Waals surface area contributed by atoms with Crippen molar-refractivity contribution in [2.24, 2.45) is 11.8 Å². The highest BCUT2D eigenvalue weighted by atomic mass is 35.5. The Labute approximate surface area is 190 Å². The van der Waals surface area contributed by atoms with E-state index in [1.807, 2.05) is 13.0 Å². The number of hydrogen-bond acceptors (Lipinski definition) is 7. The van der Waals surface area contributed by atoms with Crippen LogP contribution in [0.3, 0.4) is 0 Å². The zero-order chi connectivity index (χ0) is 22.2. The van der Waals surface area contributed by atoms with Crippen LogP contribution in [0.15, 0.2) is 37.2 Å². The Morgan fingerprint density at radius 1 is 1.22 bits per heavy atom. The number of piperidine rings is 1. The standard InChI is InChI=1S/C22H23ClFN7O/c1-3-31-22(32-16-6-7-18(24)17(23)9-16)28-21(29-31)27-20-14-4-5-15(20)11-30(10-14)19-8-13(2)25-12-26-19/h3,6-9,12,14-15,20H,1,4-5,10-11H2,2H3,(H,27,29)/t14-,15+,20-. The Morgan fingerprint density at radius 3 is 2.69 bits per heavy atom. The lowest BCUT2D eigenvalue weighted by molar-refractivity contribution is 0.374. The van der Waals surface area contributed by atoms with Crippen molar-refractivity contribution < 1.29 is 9.13 Å². The van der Waals surface area contributed by atoms with Crippen LogP contribution >= 0.6 is 11.6 Å². The second-order valence-electron chi connectivity index (χ2n) is 8.21. The maximum absolute atomic E-state index is 13.4. The van der Waals surface area contributed by atoms with Gasteiger partial charge in [0.25, 0.3) is 0 Å². The van der Waals surface area contributed by atoms with E-state index in [-0.39, 0.29) is 17.1 Å². The van der Waals surface area contributed by atoms with E-state index in [0.717, 1.165) is 37.4 Å². The van der Waals surface area contributed by atoms with Crippen molar-refractivity contribution in [2.45, 2.75) is 25.8 Å². The molecule has 3 aromatic rings. The van der Waals surface area contributed by atoms with Crippen LogP contribution < -0.4 is 15.0 Å². The second-order valence-corrected chi connectivity index (χ2v) is 8.62. The molecule has 1 aliphatic heterocycles. The number of fused-ring (bicyclic) bond motifs is 2. The first-order chi connectivity index (χ1) is 15.5. The summed E-state index contributed by atoms with van der Waals surface area (Å²) in [6, 6.07) is 6.66. The van der Waals surface area contributed by atoms with Crippen LogP contribution in [0.25, 0.3) is 6.20 Å². The summed E-state index contributed by atoms with van der Waals surface area (Å²) in [5, 5.41) is 7.95. The summed E-state index contributed by atoms with van der Waals surface area (Å²) < 4.78 is 20.6. The van der Waals surface area contributed by atoms with Crippen molar-refractivity contribution in [1.29, 1.82) is 0 Å². The lowest BCUT2D eigenvalue weighted by atomic mass is 9.92. The minimum atomic E-state index is -0.509. The zero-order valence-electron chi connectivity index (χ0n) is 17.6. The molecule has 0 spiro atoms. The number of aryl methyl sites for hydroxylation is 1. The maximum Gasteiger partial charge on any atom is 0.326 e. The summed E-state index contributed by atoms with van der Waals surface area (Å²) >= 11 is 5.85. The molecule has 8 nitrogen and oxygen atoms in total. The largest absolute Gasteiger partial charge is 0.424 e. The minimum Gasteiger partial charge on any atom is -0.424 e. The number of nitrogens with one attached hydrogen (secondary N) is 1. The van der Waals surface area contributed by atoms with Crippen LogP contribution in [0, 0.1) is 24.6 Å². The van der Waals surface area contributed by atoms with Crippen LogP contribution in [0.2, 0.25) is 5.02 Å². The number of halogens is 2. The summed E-state index contributed by atoms with van der Waals surface area (Å²) in [6.45, 7) is 7.59. The Kier molecular flexibility index (Phi) is 5.42. The number of hydrogen-bond donors (Lipinski definition) is 1. The van der Waals surface area contributed by atoms with Crippen LogP contribution in [-0.2, 0) is 0 Å². The highest BCUT2D eigenvalue weighted by molar-refractivity contribution is 6.30. The molecule has 1 saturated carbocycles. The molecule has 0 unspecified atom stereocenters. The third kappa shape index (κ3) is 4.00. The minimum absolute atomic E-state index is 0.0206. The van der Waals surface area contributed by atoms with Crippen LogP contribution in [0.5, 0.6) is 11.8 Å². The molecule has 166 valence electrons. The summed E-state index contributed by atoms with van der Waals surface area (Å²) in [4.78, 5) is 15.5. The van der Waals surface area contributed by atoms with E-state index in [4.69, 9.17) is 16.3 Å². The van der Waals surface area contributed by atoms with Crippen molar-refractivity contribution in [3.05, 3.63) is 53.7 Å². The first-order valence-corrected chi connectivity index (χ1v) is 10.9. The molecule has 1 saturated heterocycles. The Balaban J connectivity index is 1.30. The molecule has 5 rings (SSSR count). The van der Waals surface area contributed by atoms with E-state index >= 15 is 0 Å². The molecule has 1 aliphatic carbocycles. The first-order valence-electron chi connectivity index (χ1n) is 10.5. The highest BCUT2D eigenvalue weighted by Gasteiger charge is 2.43. The van der Waals surface area contributed by atoms with E-state index in [9.17, 15) is 4.39 Å². The molecule has 0 amide bonds. The molecule has 1 aromatic carbocycles. The Morgan fingerprint density at radius 2 is 2.00 bits per heavy atom. The number of nitrogens with zero attached hydrogens (tertiary/aromatic N) is 6. The molecule has 1 N–H and O–H groups in total. The van der Waals surface area contributed by atoms with E-state index in [1.54, 1.807) is 6.33 Å². The molecular weight excluding hydrogens is 433 g/mol. The Hall–Kier alpha value is -3.20. The maximum atomic E-state index is 13.4. The topological polar surface area (TPSA) is 81.0 Å². The van der Waals surface area contributed by atoms with Gasteiger partial charge in [-0.25, -0.2) is 14.4 Å². The number of rotatable bonds is 6. The second kappa shape index (κ2) is 8.38. The molecule has 32 heavy (non-hydrogen) atoms. The number of ether oxygens (including phenoxy) is 1. The fourth-order valence-electron chi connectivity index (χ4n) is 4.61. The van der Waals surface area contributed by atoms with Gasteiger partial charge in [-0.3, -0.25) is 0 Å². The van der Waals surface area contributed by atoms with Gasteiger partial charge in [-0.1, -0.05) is 18.2 Å².